The van der Waals surface area contributed by atoms with Crippen LogP contribution in [0.5, 0.6) is 5.75 Å². The predicted molar refractivity (Wildman–Crippen MR) is 85.8 cm³/mol. The lowest BCUT2D eigenvalue weighted by molar-refractivity contribution is -0.137. The van der Waals surface area contributed by atoms with E-state index in [0.717, 1.165) is 29.7 Å². The third kappa shape index (κ3) is 4.22. The molecule has 0 radical (unpaired) electrons. The molecule has 0 spiro atoms. The third-order valence-corrected chi connectivity index (χ3v) is 3.46. The Balaban J connectivity index is 2.07. The highest BCUT2D eigenvalue weighted by atomic mass is 16.5. The summed E-state index contributed by atoms with van der Waals surface area (Å²) in [7, 11) is 1.58. The highest BCUT2D eigenvalue weighted by Crippen LogP contribution is 2.27. The molecule has 3 N–H and O–H groups in total. The number of ether oxygens (including phenoxy) is 1. The smallest absolute Gasteiger partial charge is 0.303 e. The first-order chi connectivity index (χ1) is 10.6. The normalized spacial score (nSPS) is 10.4. The highest BCUT2D eigenvalue weighted by molar-refractivity contribution is 5.68. The van der Waals surface area contributed by atoms with Gasteiger partial charge in [-0.05, 0) is 55.2 Å². The Labute approximate surface area is 129 Å². The zero-order valence-corrected chi connectivity index (χ0v) is 12.6. The number of anilines is 1. The van der Waals surface area contributed by atoms with Crippen LogP contribution in [0.25, 0.3) is 11.3 Å². The van der Waals surface area contributed by atoms with Crippen molar-refractivity contribution in [3.63, 3.8) is 0 Å². The molecule has 1 aromatic heterocycles. The summed E-state index contributed by atoms with van der Waals surface area (Å²) in [6, 6.07) is 9.56. The molecule has 2 aromatic rings. The van der Waals surface area contributed by atoms with Gasteiger partial charge in [-0.25, -0.2) is 0 Å². The molecule has 1 heterocycles. The van der Waals surface area contributed by atoms with E-state index in [4.69, 9.17) is 15.6 Å². The summed E-state index contributed by atoms with van der Waals surface area (Å²) in [5, 5.41) is 8.64. The first-order valence-corrected chi connectivity index (χ1v) is 7.21. The van der Waals surface area contributed by atoms with E-state index in [-0.39, 0.29) is 6.42 Å². The summed E-state index contributed by atoms with van der Waals surface area (Å²) in [6.45, 7) is 0. The van der Waals surface area contributed by atoms with Gasteiger partial charge in [-0.3, -0.25) is 9.78 Å². The van der Waals surface area contributed by atoms with Crippen molar-refractivity contribution in [2.45, 2.75) is 25.7 Å². The van der Waals surface area contributed by atoms with Gasteiger partial charge in [0.2, 0.25) is 0 Å². The van der Waals surface area contributed by atoms with Gasteiger partial charge in [0.05, 0.1) is 18.5 Å². The molecule has 1 aromatic carbocycles. The minimum atomic E-state index is -0.746. The number of hydrogen-bond donors (Lipinski definition) is 2. The van der Waals surface area contributed by atoms with Gasteiger partial charge in [-0.1, -0.05) is 0 Å². The Morgan fingerprint density at radius 2 is 2.09 bits per heavy atom. The molecule has 0 amide bonds. The van der Waals surface area contributed by atoms with Gasteiger partial charge in [-0.2, -0.15) is 0 Å². The number of methoxy groups -OCH3 is 1. The number of carboxylic acid groups (broad SMARTS) is 1. The highest BCUT2D eigenvalue weighted by Gasteiger charge is 2.05. The van der Waals surface area contributed by atoms with Crippen LogP contribution in [0.2, 0.25) is 0 Å². The second-order valence-electron chi connectivity index (χ2n) is 5.11. The number of unbranched alkanes of at least 4 members (excludes halogenated alkanes) is 1. The number of pyridine rings is 1. The molecule has 0 bridgehead atoms. The molecular formula is C17H20N2O3. The number of nitrogens with zero attached hydrogens (tertiary/aromatic N) is 1. The molecule has 0 aliphatic carbocycles. The first kappa shape index (κ1) is 15.8. The van der Waals surface area contributed by atoms with Crippen molar-refractivity contribution in [3.05, 3.63) is 42.1 Å². The van der Waals surface area contributed by atoms with E-state index >= 15 is 0 Å². The molecule has 0 saturated carbocycles. The van der Waals surface area contributed by atoms with Crippen molar-refractivity contribution in [2.75, 3.05) is 12.8 Å². The second-order valence-corrected chi connectivity index (χ2v) is 5.11. The van der Waals surface area contributed by atoms with Crippen molar-refractivity contribution in [1.82, 2.24) is 4.98 Å². The van der Waals surface area contributed by atoms with Crippen LogP contribution >= 0.6 is 0 Å². The average Bonchev–Trinajstić information content (AvgIpc) is 2.51. The number of rotatable bonds is 7. The van der Waals surface area contributed by atoms with Gasteiger partial charge in [0.15, 0.2) is 0 Å². The van der Waals surface area contributed by atoms with Crippen LogP contribution in [0.15, 0.2) is 36.5 Å². The topological polar surface area (TPSA) is 85.4 Å². The summed E-state index contributed by atoms with van der Waals surface area (Å²) in [5.74, 6) is -0.0994. The lowest BCUT2D eigenvalue weighted by atomic mass is 10.0. The average molecular weight is 300 g/mol. The standard InChI is InChI=1S/C17H20N2O3/c1-22-16-7-6-13(11-14(16)18)15-10-12(8-9-19-15)4-2-3-5-17(20)21/h6-11H,2-5,18H2,1H3,(H,20,21). The molecular weight excluding hydrogens is 280 g/mol. The van der Waals surface area contributed by atoms with Gasteiger partial charge in [0, 0.05) is 18.2 Å². The molecule has 0 fully saturated rings. The Morgan fingerprint density at radius 1 is 1.27 bits per heavy atom. The fourth-order valence-corrected chi connectivity index (χ4v) is 2.29. The van der Waals surface area contributed by atoms with Crippen LogP contribution in [0.3, 0.4) is 0 Å². The Hall–Kier alpha value is -2.56. The summed E-state index contributed by atoms with van der Waals surface area (Å²) < 4.78 is 5.15. The SMILES string of the molecule is COc1ccc(-c2cc(CCCCC(=O)O)ccn2)cc1N. The van der Waals surface area contributed by atoms with Crippen LogP contribution in [0.1, 0.15) is 24.8 Å². The van der Waals surface area contributed by atoms with Crippen molar-refractivity contribution < 1.29 is 14.6 Å². The van der Waals surface area contributed by atoms with Gasteiger partial charge in [-0.15, -0.1) is 0 Å². The largest absolute Gasteiger partial charge is 0.495 e. The summed E-state index contributed by atoms with van der Waals surface area (Å²) >= 11 is 0. The molecule has 2 rings (SSSR count). The Morgan fingerprint density at radius 3 is 2.77 bits per heavy atom. The van der Waals surface area contributed by atoms with E-state index in [9.17, 15) is 4.79 Å². The monoisotopic (exact) mass is 300 g/mol. The van der Waals surface area contributed by atoms with E-state index in [2.05, 4.69) is 4.98 Å². The number of carbonyl (C=O) groups is 1. The van der Waals surface area contributed by atoms with E-state index < -0.39 is 5.97 Å². The van der Waals surface area contributed by atoms with Crippen molar-refractivity contribution in [1.29, 1.82) is 0 Å². The predicted octanol–water partition coefficient (Wildman–Crippen LogP) is 3.14. The van der Waals surface area contributed by atoms with Crippen molar-refractivity contribution in [3.8, 4) is 17.0 Å². The van der Waals surface area contributed by atoms with Crippen LogP contribution in [0.4, 0.5) is 5.69 Å². The third-order valence-electron chi connectivity index (χ3n) is 3.46. The summed E-state index contributed by atoms with van der Waals surface area (Å²) in [5.41, 5.74) is 9.43. The van der Waals surface area contributed by atoms with E-state index in [1.54, 1.807) is 13.3 Å². The van der Waals surface area contributed by atoms with Crippen LogP contribution in [-0.2, 0) is 11.2 Å². The fourth-order valence-electron chi connectivity index (χ4n) is 2.29. The maximum absolute atomic E-state index is 10.5. The van der Waals surface area contributed by atoms with Crippen molar-refractivity contribution in [2.24, 2.45) is 0 Å². The second kappa shape index (κ2) is 7.45. The number of aliphatic carboxylic acids is 1. The van der Waals surface area contributed by atoms with Gasteiger partial charge >= 0.3 is 5.97 Å². The fraction of sp³-hybridized carbons (Fsp3) is 0.294. The maximum Gasteiger partial charge on any atom is 0.303 e. The molecule has 0 aliphatic heterocycles. The molecule has 22 heavy (non-hydrogen) atoms. The van der Waals surface area contributed by atoms with Crippen LogP contribution in [-0.4, -0.2) is 23.2 Å². The van der Waals surface area contributed by atoms with E-state index in [1.807, 2.05) is 30.3 Å². The number of carboxylic acids is 1. The van der Waals surface area contributed by atoms with Gasteiger partial charge < -0.3 is 15.6 Å². The molecule has 0 atom stereocenters. The molecule has 5 nitrogen and oxygen atoms in total. The number of nitrogen functional groups attached to an aromatic ring is 1. The van der Waals surface area contributed by atoms with Gasteiger partial charge in [0.25, 0.3) is 0 Å². The summed E-state index contributed by atoms with van der Waals surface area (Å²) in [4.78, 5) is 14.9. The molecule has 116 valence electrons. The molecule has 5 heteroatoms. The molecule has 0 aliphatic rings. The lowest BCUT2D eigenvalue weighted by Gasteiger charge is -2.08. The number of aryl methyl sites for hydroxylation is 1. The lowest BCUT2D eigenvalue weighted by Crippen LogP contribution is -1.96. The zero-order valence-electron chi connectivity index (χ0n) is 12.6. The zero-order chi connectivity index (χ0) is 15.9. The number of nitrogens with two attached hydrogens (primary N) is 1. The summed E-state index contributed by atoms with van der Waals surface area (Å²) in [6.07, 6.45) is 4.35. The number of hydrogen-bond acceptors (Lipinski definition) is 4. The maximum atomic E-state index is 10.5. The number of aromatic nitrogens is 1. The minimum absolute atomic E-state index is 0.215. The van der Waals surface area contributed by atoms with E-state index in [0.29, 0.717) is 17.9 Å². The quantitative estimate of drug-likeness (QED) is 0.606. The van der Waals surface area contributed by atoms with Gasteiger partial charge in [0.1, 0.15) is 5.75 Å². The molecule has 0 saturated heterocycles. The van der Waals surface area contributed by atoms with Crippen LogP contribution < -0.4 is 10.5 Å². The molecule has 0 unspecified atom stereocenters. The Bertz CT molecular complexity index is 656. The van der Waals surface area contributed by atoms with Crippen molar-refractivity contribution >= 4 is 11.7 Å². The first-order valence-electron chi connectivity index (χ1n) is 7.21. The Kier molecular flexibility index (Phi) is 5.36. The minimum Gasteiger partial charge on any atom is -0.495 e. The number of benzene rings is 1. The van der Waals surface area contributed by atoms with Crippen LogP contribution in [0, 0.1) is 0 Å². The van der Waals surface area contributed by atoms with E-state index in [1.165, 1.54) is 0 Å².